The smallest absolute Gasteiger partial charge is 0.232 e. The standard InChI is InChI=1S/C12H14ClFN2O3S/c13-4-1-5-20(18,19)16-11-7-10-8(6-9(11)14)2-3-12(17)15-10/h6-7,16H,1-5H2,(H,15,17). The number of benzene rings is 1. The zero-order chi connectivity index (χ0) is 14.8. The topological polar surface area (TPSA) is 75.3 Å². The molecule has 1 amide bonds. The van der Waals surface area contributed by atoms with Crippen molar-refractivity contribution in [2.45, 2.75) is 19.3 Å². The van der Waals surface area contributed by atoms with Gasteiger partial charge in [0.05, 0.1) is 11.4 Å². The van der Waals surface area contributed by atoms with Crippen LogP contribution < -0.4 is 10.0 Å². The van der Waals surface area contributed by atoms with E-state index in [1.54, 1.807) is 0 Å². The highest BCUT2D eigenvalue weighted by molar-refractivity contribution is 7.92. The fraction of sp³-hybridized carbons (Fsp3) is 0.417. The van der Waals surface area contributed by atoms with E-state index in [-0.39, 0.29) is 29.6 Å². The van der Waals surface area contributed by atoms with Crippen molar-refractivity contribution in [3.8, 4) is 0 Å². The van der Waals surface area contributed by atoms with Gasteiger partial charge in [0.15, 0.2) is 0 Å². The van der Waals surface area contributed by atoms with E-state index >= 15 is 0 Å². The molecule has 1 aromatic carbocycles. The summed E-state index contributed by atoms with van der Waals surface area (Å²) in [5.41, 5.74) is 0.934. The van der Waals surface area contributed by atoms with Gasteiger partial charge >= 0.3 is 0 Å². The first kappa shape index (κ1) is 15.1. The lowest BCUT2D eigenvalue weighted by molar-refractivity contribution is -0.116. The number of carbonyl (C=O) groups is 1. The number of sulfonamides is 1. The van der Waals surface area contributed by atoms with E-state index in [1.165, 1.54) is 12.1 Å². The number of amides is 1. The zero-order valence-electron chi connectivity index (χ0n) is 10.6. The quantitative estimate of drug-likeness (QED) is 0.816. The number of hydrogen-bond donors (Lipinski definition) is 2. The molecule has 5 nitrogen and oxygen atoms in total. The summed E-state index contributed by atoms with van der Waals surface area (Å²) >= 11 is 5.44. The molecule has 0 unspecified atom stereocenters. The van der Waals surface area contributed by atoms with E-state index in [4.69, 9.17) is 11.6 Å². The molecule has 110 valence electrons. The predicted molar refractivity (Wildman–Crippen MR) is 76.1 cm³/mol. The molecule has 1 aliphatic rings. The van der Waals surface area contributed by atoms with Gasteiger partial charge in [-0.1, -0.05) is 0 Å². The minimum absolute atomic E-state index is 0.166. The number of aryl methyl sites for hydroxylation is 1. The highest BCUT2D eigenvalue weighted by Gasteiger charge is 2.19. The minimum Gasteiger partial charge on any atom is -0.326 e. The van der Waals surface area contributed by atoms with Gasteiger partial charge in [-0.05, 0) is 30.5 Å². The molecule has 0 bridgehead atoms. The van der Waals surface area contributed by atoms with Crippen LogP contribution in [0.25, 0.3) is 0 Å². The molecule has 0 radical (unpaired) electrons. The van der Waals surface area contributed by atoms with Crippen molar-refractivity contribution in [2.75, 3.05) is 21.7 Å². The van der Waals surface area contributed by atoms with E-state index in [0.717, 1.165) is 0 Å². The van der Waals surface area contributed by atoms with E-state index in [9.17, 15) is 17.6 Å². The van der Waals surface area contributed by atoms with Crippen molar-refractivity contribution in [3.05, 3.63) is 23.5 Å². The molecule has 0 aromatic heterocycles. The number of rotatable bonds is 5. The molecule has 1 aliphatic heterocycles. The Bertz CT molecular complexity index is 634. The van der Waals surface area contributed by atoms with Crippen LogP contribution in [-0.2, 0) is 21.2 Å². The third kappa shape index (κ3) is 3.61. The lowest BCUT2D eigenvalue weighted by atomic mass is 10.0. The van der Waals surface area contributed by atoms with Crippen LogP contribution in [0.4, 0.5) is 15.8 Å². The molecule has 0 atom stereocenters. The molecule has 0 saturated heterocycles. The predicted octanol–water partition coefficient (Wildman–Crippen LogP) is 2.08. The molecule has 2 rings (SSSR count). The number of nitrogens with one attached hydrogen (secondary N) is 2. The molecular weight excluding hydrogens is 307 g/mol. The normalized spacial score (nSPS) is 14.6. The third-order valence-electron chi connectivity index (χ3n) is 2.90. The van der Waals surface area contributed by atoms with Crippen LogP contribution in [0, 0.1) is 5.82 Å². The fourth-order valence-corrected chi connectivity index (χ4v) is 3.35. The Morgan fingerprint density at radius 2 is 2.10 bits per heavy atom. The van der Waals surface area contributed by atoms with Crippen molar-refractivity contribution in [1.82, 2.24) is 0 Å². The maximum absolute atomic E-state index is 13.9. The third-order valence-corrected chi connectivity index (χ3v) is 4.52. The second-order valence-electron chi connectivity index (χ2n) is 4.50. The average molecular weight is 321 g/mol. The lowest BCUT2D eigenvalue weighted by Gasteiger charge is -2.18. The molecule has 2 N–H and O–H groups in total. The van der Waals surface area contributed by atoms with Crippen molar-refractivity contribution in [2.24, 2.45) is 0 Å². The minimum atomic E-state index is -3.65. The van der Waals surface area contributed by atoms with Crippen molar-refractivity contribution in [1.29, 1.82) is 0 Å². The largest absolute Gasteiger partial charge is 0.326 e. The molecule has 0 saturated carbocycles. The average Bonchev–Trinajstić information content (AvgIpc) is 2.37. The first-order chi connectivity index (χ1) is 9.41. The summed E-state index contributed by atoms with van der Waals surface area (Å²) in [6, 6.07) is 2.55. The van der Waals surface area contributed by atoms with Gasteiger partial charge in [-0.2, -0.15) is 0 Å². The Hall–Kier alpha value is -1.34. The molecule has 1 aromatic rings. The summed E-state index contributed by atoms with van der Waals surface area (Å²) in [7, 11) is -3.65. The van der Waals surface area contributed by atoms with Gasteiger partial charge in [0.25, 0.3) is 0 Å². The number of fused-ring (bicyclic) bond motifs is 1. The molecule has 0 fully saturated rings. The summed E-state index contributed by atoms with van der Waals surface area (Å²) in [5, 5.41) is 2.59. The summed E-state index contributed by atoms with van der Waals surface area (Å²) in [4.78, 5) is 11.3. The highest BCUT2D eigenvalue weighted by Crippen LogP contribution is 2.29. The van der Waals surface area contributed by atoms with Gasteiger partial charge in [-0.3, -0.25) is 9.52 Å². The second kappa shape index (κ2) is 5.97. The summed E-state index contributed by atoms with van der Waals surface area (Å²) in [5.74, 6) is -0.794. The Balaban J connectivity index is 2.24. The maximum Gasteiger partial charge on any atom is 0.232 e. The van der Waals surface area contributed by atoms with Crippen molar-refractivity contribution >= 4 is 38.9 Å². The zero-order valence-corrected chi connectivity index (χ0v) is 12.2. The van der Waals surface area contributed by atoms with Crippen LogP contribution in [0.2, 0.25) is 0 Å². The van der Waals surface area contributed by atoms with Crippen molar-refractivity contribution < 1.29 is 17.6 Å². The Morgan fingerprint density at radius 3 is 2.80 bits per heavy atom. The van der Waals surface area contributed by atoms with Crippen LogP contribution in [0.1, 0.15) is 18.4 Å². The molecule has 0 spiro atoms. The lowest BCUT2D eigenvalue weighted by Crippen LogP contribution is -2.21. The second-order valence-corrected chi connectivity index (χ2v) is 6.72. The Kier molecular flexibility index (Phi) is 4.49. The summed E-state index contributed by atoms with van der Waals surface area (Å²) in [6.07, 6.45) is 1.02. The van der Waals surface area contributed by atoms with Gasteiger partial charge in [0.2, 0.25) is 15.9 Å². The number of halogens is 2. The van der Waals surface area contributed by atoms with Gasteiger partial charge in [0, 0.05) is 18.0 Å². The molecule has 20 heavy (non-hydrogen) atoms. The van der Waals surface area contributed by atoms with Crippen LogP contribution in [-0.4, -0.2) is 26.0 Å². The van der Waals surface area contributed by atoms with Crippen molar-refractivity contribution in [3.63, 3.8) is 0 Å². The number of anilines is 2. The number of alkyl halides is 1. The molecular formula is C12H14ClFN2O3S. The molecule has 0 aliphatic carbocycles. The van der Waals surface area contributed by atoms with E-state index in [0.29, 0.717) is 24.1 Å². The fourth-order valence-electron chi connectivity index (χ4n) is 1.94. The highest BCUT2D eigenvalue weighted by atomic mass is 35.5. The summed E-state index contributed by atoms with van der Waals surface area (Å²) < 4.78 is 39.5. The van der Waals surface area contributed by atoms with Gasteiger partial charge in [-0.25, -0.2) is 12.8 Å². The Morgan fingerprint density at radius 1 is 1.35 bits per heavy atom. The maximum atomic E-state index is 13.9. The molecule has 8 heteroatoms. The van der Waals surface area contributed by atoms with E-state index in [1.807, 2.05) is 0 Å². The van der Waals surface area contributed by atoms with Crippen LogP contribution in [0.3, 0.4) is 0 Å². The summed E-state index contributed by atoms with van der Waals surface area (Å²) in [6.45, 7) is 0. The monoisotopic (exact) mass is 320 g/mol. The first-order valence-corrected chi connectivity index (χ1v) is 8.29. The molecule has 1 heterocycles. The number of hydrogen-bond acceptors (Lipinski definition) is 3. The van der Waals surface area contributed by atoms with E-state index < -0.39 is 15.8 Å². The van der Waals surface area contributed by atoms with Crippen LogP contribution in [0.5, 0.6) is 0 Å². The van der Waals surface area contributed by atoms with Gasteiger partial charge in [-0.15, -0.1) is 11.6 Å². The van der Waals surface area contributed by atoms with Gasteiger partial charge in [0.1, 0.15) is 5.82 Å². The first-order valence-electron chi connectivity index (χ1n) is 6.10. The Labute approximate surface area is 121 Å². The van der Waals surface area contributed by atoms with Gasteiger partial charge < -0.3 is 5.32 Å². The van der Waals surface area contributed by atoms with Crippen LogP contribution >= 0.6 is 11.6 Å². The SMILES string of the molecule is O=C1CCc2cc(F)c(NS(=O)(=O)CCCCl)cc2N1. The number of carbonyl (C=O) groups excluding carboxylic acids is 1. The van der Waals surface area contributed by atoms with E-state index in [2.05, 4.69) is 10.0 Å². The van der Waals surface area contributed by atoms with Crippen LogP contribution in [0.15, 0.2) is 12.1 Å².